The lowest BCUT2D eigenvalue weighted by atomic mass is 9.89. The SMILES string of the molecule is CC1(c2cccc(NC(=O)c3ncc(Cl)cc3O)c2)CCSC(N)=N1. The quantitative estimate of drug-likeness (QED) is 0.762. The molecular weight excluding hydrogens is 360 g/mol. The highest BCUT2D eigenvalue weighted by Crippen LogP contribution is 2.36. The number of nitrogens with zero attached hydrogens (tertiary/aromatic N) is 2. The third kappa shape index (κ3) is 3.88. The number of hydrogen-bond donors (Lipinski definition) is 3. The van der Waals surface area contributed by atoms with Gasteiger partial charge in [0.2, 0.25) is 0 Å². The van der Waals surface area contributed by atoms with Gasteiger partial charge < -0.3 is 16.2 Å². The molecule has 130 valence electrons. The molecule has 4 N–H and O–H groups in total. The Kier molecular flexibility index (Phi) is 4.87. The van der Waals surface area contributed by atoms with E-state index in [1.807, 2.05) is 25.1 Å². The first-order valence-electron chi connectivity index (χ1n) is 7.62. The number of anilines is 1. The number of aromatic nitrogens is 1. The second-order valence-electron chi connectivity index (χ2n) is 5.88. The summed E-state index contributed by atoms with van der Waals surface area (Å²) in [4.78, 5) is 20.8. The maximum Gasteiger partial charge on any atom is 0.278 e. The second-order valence-corrected chi connectivity index (χ2v) is 7.43. The van der Waals surface area contributed by atoms with Crippen molar-refractivity contribution in [3.8, 4) is 5.75 Å². The van der Waals surface area contributed by atoms with Gasteiger partial charge >= 0.3 is 0 Å². The third-order valence-electron chi connectivity index (χ3n) is 3.99. The van der Waals surface area contributed by atoms with Gasteiger partial charge in [-0.2, -0.15) is 0 Å². The summed E-state index contributed by atoms with van der Waals surface area (Å²) in [6, 6.07) is 8.71. The molecule has 0 aliphatic carbocycles. The number of rotatable bonds is 3. The van der Waals surface area contributed by atoms with Crippen LogP contribution in [0, 0.1) is 0 Å². The zero-order chi connectivity index (χ0) is 18.0. The number of hydrogen-bond acceptors (Lipinski definition) is 6. The molecule has 25 heavy (non-hydrogen) atoms. The van der Waals surface area contributed by atoms with Crippen LogP contribution in [-0.2, 0) is 5.54 Å². The smallest absolute Gasteiger partial charge is 0.278 e. The van der Waals surface area contributed by atoms with Gasteiger partial charge in [-0.25, -0.2) is 4.98 Å². The molecule has 1 unspecified atom stereocenters. The normalized spacial score (nSPS) is 20.0. The van der Waals surface area contributed by atoms with Crippen LogP contribution in [0.1, 0.15) is 29.4 Å². The maximum atomic E-state index is 12.3. The Morgan fingerprint density at radius 1 is 1.44 bits per heavy atom. The molecule has 0 radical (unpaired) electrons. The largest absolute Gasteiger partial charge is 0.505 e. The first-order chi connectivity index (χ1) is 11.9. The van der Waals surface area contributed by atoms with Crippen molar-refractivity contribution < 1.29 is 9.90 Å². The topological polar surface area (TPSA) is 101 Å². The lowest BCUT2D eigenvalue weighted by molar-refractivity contribution is 0.101. The highest BCUT2D eigenvalue weighted by Gasteiger charge is 2.29. The maximum absolute atomic E-state index is 12.3. The van der Waals surface area contributed by atoms with Crippen molar-refractivity contribution in [1.29, 1.82) is 0 Å². The highest BCUT2D eigenvalue weighted by atomic mass is 35.5. The molecule has 1 aromatic heterocycles. The standard InChI is InChI=1S/C17H17ClN4O2S/c1-17(5-6-25-16(19)22-17)10-3-2-4-12(7-10)21-15(24)14-13(23)8-11(18)9-20-14/h2-4,7-9,23H,5-6H2,1H3,(H2,19,22)(H,21,24). The molecule has 0 saturated heterocycles. The molecule has 3 rings (SSSR count). The number of nitrogens with one attached hydrogen (secondary N) is 1. The van der Waals surface area contributed by atoms with E-state index in [1.165, 1.54) is 12.3 Å². The highest BCUT2D eigenvalue weighted by molar-refractivity contribution is 8.13. The molecule has 2 heterocycles. The summed E-state index contributed by atoms with van der Waals surface area (Å²) in [6.07, 6.45) is 2.17. The predicted molar refractivity (Wildman–Crippen MR) is 101 cm³/mol. The number of halogens is 1. The Bertz CT molecular complexity index is 858. The van der Waals surface area contributed by atoms with Gasteiger partial charge in [-0.05, 0) is 31.0 Å². The number of carbonyl (C=O) groups is 1. The minimum Gasteiger partial charge on any atom is -0.505 e. The Morgan fingerprint density at radius 3 is 2.96 bits per heavy atom. The van der Waals surface area contributed by atoms with Gasteiger partial charge in [0.05, 0.1) is 10.6 Å². The second kappa shape index (κ2) is 6.93. The van der Waals surface area contributed by atoms with Crippen LogP contribution in [0.15, 0.2) is 41.5 Å². The van der Waals surface area contributed by atoms with Crippen LogP contribution in [0.2, 0.25) is 5.02 Å². The first kappa shape index (κ1) is 17.6. The number of pyridine rings is 1. The summed E-state index contributed by atoms with van der Waals surface area (Å²) in [5.74, 6) is 0.110. The summed E-state index contributed by atoms with van der Waals surface area (Å²) < 4.78 is 0. The molecule has 2 aromatic rings. The molecule has 1 atom stereocenters. The van der Waals surface area contributed by atoms with E-state index in [2.05, 4.69) is 15.3 Å². The van der Waals surface area contributed by atoms with Crippen LogP contribution in [0.3, 0.4) is 0 Å². The monoisotopic (exact) mass is 376 g/mol. The summed E-state index contributed by atoms with van der Waals surface area (Å²) >= 11 is 7.28. The van der Waals surface area contributed by atoms with Crippen LogP contribution in [0.25, 0.3) is 0 Å². The number of amidine groups is 1. The van der Waals surface area contributed by atoms with E-state index < -0.39 is 11.4 Å². The molecule has 8 heteroatoms. The average Bonchev–Trinajstić information content (AvgIpc) is 2.54. The molecule has 1 amide bonds. The Hall–Kier alpha value is -2.25. The molecule has 1 aliphatic rings. The molecule has 0 bridgehead atoms. The van der Waals surface area contributed by atoms with E-state index in [-0.39, 0.29) is 16.5 Å². The van der Waals surface area contributed by atoms with E-state index in [4.69, 9.17) is 17.3 Å². The van der Waals surface area contributed by atoms with Gasteiger partial charge in [-0.3, -0.25) is 9.79 Å². The number of carbonyl (C=O) groups excluding carboxylic acids is 1. The predicted octanol–water partition coefficient (Wildman–Crippen LogP) is 3.36. The van der Waals surface area contributed by atoms with Crippen LogP contribution < -0.4 is 11.1 Å². The number of amides is 1. The zero-order valence-corrected chi connectivity index (χ0v) is 15.1. The molecule has 0 fully saturated rings. The summed E-state index contributed by atoms with van der Waals surface area (Å²) in [7, 11) is 0. The Morgan fingerprint density at radius 2 is 2.24 bits per heavy atom. The molecule has 1 aromatic carbocycles. The van der Waals surface area contributed by atoms with E-state index in [0.29, 0.717) is 10.9 Å². The van der Waals surface area contributed by atoms with Gasteiger partial charge in [0.25, 0.3) is 5.91 Å². The minimum absolute atomic E-state index is 0.0858. The van der Waals surface area contributed by atoms with Crippen molar-refractivity contribution in [1.82, 2.24) is 4.98 Å². The molecule has 6 nitrogen and oxygen atoms in total. The van der Waals surface area contributed by atoms with Gasteiger partial charge in [0.1, 0.15) is 5.75 Å². The third-order valence-corrected chi connectivity index (χ3v) is 4.99. The summed E-state index contributed by atoms with van der Waals surface area (Å²) in [5.41, 5.74) is 6.91. The van der Waals surface area contributed by atoms with Gasteiger partial charge in [0.15, 0.2) is 10.9 Å². The Labute approximate surface area is 154 Å². The fraction of sp³-hybridized carbons (Fsp3) is 0.235. The van der Waals surface area contributed by atoms with Crippen LogP contribution in [-0.4, -0.2) is 26.9 Å². The lowest BCUT2D eigenvalue weighted by Crippen LogP contribution is -2.28. The van der Waals surface area contributed by atoms with Crippen LogP contribution >= 0.6 is 23.4 Å². The van der Waals surface area contributed by atoms with Crippen molar-refractivity contribution in [2.75, 3.05) is 11.1 Å². The van der Waals surface area contributed by atoms with Gasteiger partial charge in [-0.15, -0.1) is 0 Å². The average molecular weight is 377 g/mol. The van der Waals surface area contributed by atoms with Crippen molar-refractivity contribution in [2.24, 2.45) is 10.7 Å². The van der Waals surface area contributed by atoms with Gasteiger partial charge in [0, 0.05) is 23.7 Å². The molecule has 0 saturated carbocycles. The van der Waals surface area contributed by atoms with Crippen molar-refractivity contribution in [2.45, 2.75) is 18.9 Å². The number of nitrogens with two attached hydrogens (primary N) is 1. The Balaban J connectivity index is 1.85. The lowest BCUT2D eigenvalue weighted by Gasteiger charge is -2.30. The van der Waals surface area contributed by atoms with E-state index >= 15 is 0 Å². The molecular formula is C17H17ClN4O2S. The fourth-order valence-electron chi connectivity index (χ4n) is 2.62. The molecule has 0 spiro atoms. The van der Waals surface area contributed by atoms with Crippen LogP contribution in [0.4, 0.5) is 5.69 Å². The number of thioether (sulfide) groups is 1. The summed E-state index contributed by atoms with van der Waals surface area (Å²) in [5, 5.41) is 13.4. The minimum atomic E-state index is -0.515. The molecule has 1 aliphatic heterocycles. The van der Waals surface area contributed by atoms with E-state index in [1.54, 1.807) is 17.8 Å². The number of benzene rings is 1. The van der Waals surface area contributed by atoms with Crippen molar-refractivity contribution in [3.63, 3.8) is 0 Å². The van der Waals surface area contributed by atoms with Crippen molar-refractivity contribution >= 4 is 40.1 Å². The van der Waals surface area contributed by atoms with Crippen LogP contribution in [0.5, 0.6) is 5.75 Å². The number of aromatic hydroxyl groups is 1. The van der Waals surface area contributed by atoms with E-state index in [9.17, 15) is 9.90 Å². The van der Waals surface area contributed by atoms with Gasteiger partial charge in [-0.1, -0.05) is 35.5 Å². The first-order valence-corrected chi connectivity index (χ1v) is 8.98. The van der Waals surface area contributed by atoms with Crippen molar-refractivity contribution in [3.05, 3.63) is 52.8 Å². The zero-order valence-electron chi connectivity index (χ0n) is 13.5. The van der Waals surface area contributed by atoms with E-state index in [0.717, 1.165) is 17.7 Å². The fourth-order valence-corrected chi connectivity index (χ4v) is 3.75. The summed E-state index contributed by atoms with van der Waals surface area (Å²) in [6.45, 7) is 2.02. The number of aliphatic imine (C=N–C) groups is 1.